The van der Waals surface area contributed by atoms with Crippen molar-refractivity contribution in [2.24, 2.45) is 0 Å². The maximum Gasteiger partial charge on any atom is 0.145 e. The first-order valence-electron chi connectivity index (χ1n) is 20.3. The largest absolute Gasteiger partial charge is 0.292 e. The lowest BCUT2D eigenvalue weighted by Crippen LogP contribution is -1.97. The summed E-state index contributed by atoms with van der Waals surface area (Å²) in [5.41, 5.74) is 11.6. The molecule has 1 aromatic heterocycles. The van der Waals surface area contributed by atoms with Crippen LogP contribution >= 0.6 is 0 Å². The van der Waals surface area contributed by atoms with Gasteiger partial charge < -0.3 is 0 Å². The van der Waals surface area contributed by atoms with Gasteiger partial charge in [0.25, 0.3) is 0 Å². The second-order valence-corrected chi connectivity index (χ2v) is 15.6. The highest BCUT2D eigenvalue weighted by Gasteiger charge is 2.19. The summed E-state index contributed by atoms with van der Waals surface area (Å²) in [5, 5.41) is 12.4. The Kier molecular flexibility index (Phi) is 7.57. The molecule has 0 aliphatic heterocycles. The summed E-state index contributed by atoms with van der Waals surface area (Å²) in [6.45, 7) is 0. The van der Waals surface area contributed by atoms with Crippen LogP contribution in [0, 0.1) is 0 Å². The molecule has 0 saturated heterocycles. The molecule has 0 aliphatic rings. The molecule has 0 N–H and O–H groups in total. The summed E-state index contributed by atoms with van der Waals surface area (Å²) >= 11 is 0. The topological polar surface area (TPSA) is 17.8 Å². The fraction of sp³-hybridized carbons (Fsp3) is 0. The number of rotatable bonds is 5. The van der Waals surface area contributed by atoms with E-state index in [1.54, 1.807) is 0 Å². The van der Waals surface area contributed by atoms with Gasteiger partial charge in [0.15, 0.2) is 0 Å². The van der Waals surface area contributed by atoms with E-state index in [0.717, 1.165) is 28.1 Å². The normalized spacial score (nSPS) is 11.7. The molecular weight excluding hydrogens is 713 g/mol. The van der Waals surface area contributed by atoms with Gasteiger partial charge in [0.1, 0.15) is 5.82 Å². The fourth-order valence-corrected chi connectivity index (χ4v) is 9.29. The number of hydrogen-bond donors (Lipinski definition) is 0. The lowest BCUT2D eigenvalue weighted by molar-refractivity contribution is 1.10. The predicted octanol–water partition coefficient (Wildman–Crippen LogP) is 15.5. The number of nitrogens with zero attached hydrogens (tertiary/aromatic N) is 2. The zero-order valence-corrected chi connectivity index (χ0v) is 32.2. The fourth-order valence-electron chi connectivity index (χ4n) is 9.29. The van der Waals surface area contributed by atoms with E-state index in [1.165, 1.54) is 87.2 Å². The molecule has 59 heavy (non-hydrogen) atoms. The zero-order chi connectivity index (χ0) is 38.9. The van der Waals surface area contributed by atoms with E-state index in [0.29, 0.717) is 0 Å². The minimum Gasteiger partial charge on any atom is -0.292 e. The molecule has 0 unspecified atom stereocenters. The summed E-state index contributed by atoms with van der Waals surface area (Å²) in [4.78, 5) is 5.14. The second-order valence-electron chi connectivity index (χ2n) is 15.6. The number of aromatic nitrogens is 2. The maximum atomic E-state index is 5.14. The highest BCUT2D eigenvalue weighted by Crippen LogP contribution is 2.46. The molecule has 0 amide bonds. The van der Waals surface area contributed by atoms with Crippen molar-refractivity contribution in [2.45, 2.75) is 0 Å². The number of para-hydroxylation sites is 3. The van der Waals surface area contributed by atoms with Crippen molar-refractivity contribution in [2.75, 3.05) is 0 Å². The van der Waals surface area contributed by atoms with Crippen molar-refractivity contribution in [3.05, 3.63) is 218 Å². The Labute approximate surface area is 341 Å². The highest BCUT2D eigenvalue weighted by molar-refractivity contribution is 6.22. The van der Waals surface area contributed by atoms with Gasteiger partial charge in [-0.15, -0.1) is 0 Å². The van der Waals surface area contributed by atoms with Gasteiger partial charge in [-0.2, -0.15) is 0 Å². The van der Waals surface area contributed by atoms with Gasteiger partial charge in [0, 0.05) is 11.3 Å². The average Bonchev–Trinajstić information content (AvgIpc) is 3.70. The Morgan fingerprint density at radius 2 is 0.729 bits per heavy atom. The highest BCUT2D eigenvalue weighted by atomic mass is 15.1. The molecule has 2 nitrogen and oxygen atoms in total. The van der Waals surface area contributed by atoms with Crippen LogP contribution in [0.1, 0.15) is 0 Å². The van der Waals surface area contributed by atoms with E-state index in [2.05, 4.69) is 223 Å². The summed E-state index contributed by atoms with van der Waals surface area (Å²) in [6, 6.07) is 79.7. The summed E-state index contributed by atoms with van der Waals surface area (Å²) in [7, 11) is 0. The molecule has 0 saturated carbocycles. The Morgan fingerprint density at radius 3 is 1.42 bits per heavy atom. The van der Waals surface area contributed by atoms with Gasteiger partial charge in [-0.05, 0) is 142 Å². The molecule has 0 aliphatic carbocycles. The van der Waals surface area contributed by atoms with Crippen LogP contribution in [-0.2, 0) is 0 Å². The van der Waals surface area contributed by atoms with E-state index in [1.807, 2.05) is 0 Å². The SMILES string of the molecule is c1ccc(-n2c(-c3ccc4cc(-c5ccc6c(-c7ccc8ccccc8c7)c7ccccc7c(-c7ccc8ccccc8c7)c6c5)ccc4c3)nc3ccccc32)cc1. The van der Waals surface area contributed by atoms with Crippen molar-refractivity contribution in [3.63, 3.8) is 0 Å². The molecule has 11 aromatic carbocycles. The van der Waals surface area contributed by atoms with Crippen molar-refractivity contribution < 1.29 is 0 Å². The van der Waals surface area contributed by atoms with Gasteiger partial charge in [-0.3, -0.25) is 4.57 Å². The first-order chi connectivity index (χ1) is 29.2. The number of imidazole rings is 1. The summed E-state index contributed by atoms with van der Waals surface area (Å²) in [5.74, 6) is 0.938. The third-order valence-electron chi connectivity index (χ3n) is 12.1. The first-order valence-corrected chi connectivity index (χ1v) is 20.3. The van der Waals surface area contributed by atoms with Crippen molar-refractivity contribution in [3.8, 4) is 50.5 Å². The molecule has 0 radical (unpaired) electrons. The van der Waals surface area contributed by atoms with Gasteiger partial charge in [0.2, 0.25) is 0 Å². The van der Waals surface area contributed by atoms with Gasteiger partial charge in [0.05, 0.1) is 11.0 Å². The maximum absolute atomic E-state index is 5.14. The van der Waals surface area contributed by atoms with Crippen molar-refractivity contribution >= 4 is 64.9 Å². The molecule has 274 valence electrons. The van der Waals surface area contributed by atoms with Crippen LogP contribution in [0.5, 0.6) is 0 Å². The number of hydrogen-bond acceptors (Lipinski definition) is 1. The smallest absolute Gasteiger partial charge is 0.145 e. The number of benzene rings is 11. The van der Waals surface area contributed by atoms with Crippen LogP contribution < -0.4 is 0 Å². The van der Waals surface area contributed by atoms with Gasteiger partial charge in [-0.1, -0.05) is 164 Å². The third-order valence-corrected chi connectivity index (χ3v) is 12.1. The standard InChI is InChI=1S/C57H36N2/c1-2-16-48(17-3-1)59-54-21-11-10-20-53(54)58-57(59)47-29-26-41-32-42(24-25-43(41)35-47)44-30-31-51-52(36-44)56(46-28-23-38-13-5-7-15-40(38)34-46)50-19-9-8-18-49(50)55(51)45-27-22-37-12-4-6-14-39(37)33-45/h1-36H. The predicted molar refractivity (Wildman–Crippen MR) is 250 cm³/mol. The van der Waals surface area contributed by atoms with Crippen LogP contribution in [0.25, 0.3) is 115 Å². The lowest BCUT2D eigenvalue weighted by atomic mass is 9.84. The molecule has 1 heterocycles. The molecular formula is C57H36N2. The van der Waals surface area contributed by atoms with E-state index < -0.39 is 0 Å². The number of fused-ring (bicyclic) bond motifs is 6. The van der Waals surface area contributed by atoms with Crippen molar-refractivity contribution in [1.29, 1.82) is 0 Å². The molecule has 2 heteroatoms. The van der Waals surface area contributed by atoms with E-state index >= 15 is 0 Å². The lowest BCUT2D eigenvalue weighted by Gasteiger charge is -2.19. The van der Waals surface area contributed by atoms with Crippen LogP contribution in [0.4, 0.5) is 0 Å². The molecule has 0 atom stereocenters. The van der Waals surface area contributed by atoms with E-state index in [9.17, 15) is 0 Å². The van der Waals surface area contributed by atoms with Gasteiger partial charge >= 0.3 is 0 Å². The van der Waals surface area contributed by atoms with Crippen LogP contribution in [0.3, 0.4) is 0 Å². The molecule has 0 bridgehead atoms. The van der Waals surface area contributed by atoms with Crippen LogP contribution in [-0.4, -0.2) is 9.55 Å². The zero-order valence-electron chi connectivity index (χ0n) is 32.2. The third kappa shape index (κ3) is 5.53. The van der Waals surface area contributed by atoms with E-state index in [-0.39, 0.29) is 0 Å². The van der Waals surface area contributed by atoms with Crippen molar-refractivity contribution in [1.82, 2.24) is 9.55 Å². The Morgan fingerprint density at radius 1 is 0.288 bits per heavy atom. The van der Waals surface area contributed by atoms with Crippen LogP contribution in [0.15, 0.2) is 218 Å². The molecule has 0 spiro atoms. The minimum absolute atomic E-state index is 0.938. The molecule has 0 fully saturated rings. The van der Waals surface area contributed by atoms with E-state index in [4.69, 9.17) is 4.98 Å². The summed E-state index contributed by atoms with van der Waals surface area (Å²) in [6.07, 6.45) is 0. The Hall–Kier alpha value is -7.81. The van der Waals surface area contributed by atoms with Crippen LogP contribution in [0.2, 0.25) is 0 Å². The summed E-state index contributed by atoms with van der Waals surface area (Å²) < 4.78 is 2.27. The molecule has 12 aromatic rings. The second kappa shape index (κ2) is 13.4. The quantitative estimate of drug-likeness (QED) is 0.160. The first kappa shape index (κ1) is 33.3. The Balaban J connectivity index is 1.05. The molecule has 12 rings (SSSR count). The Bertz CT molecular complexity index is 3610. The van der Waals surface area contributed by atoms with Gasteiger partial charge in [-0.25, -0.2) is 4.98 Å². The average molecular weight is 749 g/mol. The minimum atomic E-state index is 0.938. The monoisotopic (exact) mass is 748 g/mol.